The highest BCUT2D eigenvalue weighted by Crippen LogP contribution is 2.40. The molecule has 5 amide bonds. The maximum Gasteiger partial charge on any atom is 0.408 e. The minimum absolute atomic E-state index is 0.0302. The Labute approximate surface area is 262 Å². The first kappa shape index (κ1) is 35.2. The van der Waals surface area contributed by atoms with Gasteiger partial charge in [0.15, 0.2) is 12.1 Å². The van der Waals surface area contributed by atoms with Crippen LogP contribution in [0.25, 0.3) is 0 Å². The van der Waals surface area contributed by atoms with Crippen molar-refractivity contribution in [3.8, 4) is 0 Å². The van der Waals surface area contributed by atoms with Gasteiger partial charge >= 0.3 is 12.0 Å². The maximum atomic E-state index is 14.4. The topological polar surface area (TPSA) is 211 Å². The molecule has 1 heterocycles. The third-order valence-electron chi connectivity index (χ3n) is 8.78. The smallest absolute Gasteiger partial charge is 0.408 e. The molecule has 0 aliphatic carbocycles. The van der Waals surface area contributed by atoms with Crippen molar-refractivity contribution in [2.24, 2.45) is 11.5 Å². The van der Waals surface area contributed by atoms with Crippen LogP contribution < -0.4 is 22.1 Å². The average Bonchev–Trinajstić information content (AvgIpc) is 3.47. The number of nitrogens with zero attached hydrogens (tertiary/aromatic N) is 1. The van der Waals surface area contributed by atoms with Crippen LogP contribution in [0.1, 0.15) is 51.2 Å². The summed E-state index contributed by atoms with van der Waals surface area (Å²) in [5.74, 6) is -3.33. The lowest BCUT2D eigenvalue weighted by molar-refractivity contribution is -0.911. The van der Waals surface area contributed by atoms with Gasteiger partial charge in [-0.15, -0.1) is 0 Å². The van der Waals surface area contributed by atoms with Crippen LogP contribution in [-0.4, -0.2) is 86.8 Å². The molecule has 1 saturated heterocycles. The largest absolute Gasteiger partial charge is 0.445 e. The predicted molar refractivity (Wildman–Crippen MR) is 164 cm³/mol. The van der Waals surface area contributed by atoms with E-state index in [-0.39, 0.29) is 26.0 Å². The number of quaternary nitrogens is 1. The first-order valence-corrected chi connectivity index (χ1v) is 14.9. The van der Waals surface area contributed by atoms with E-state index in [0.717, 1.165) is 0 Å². The second-order valence-electron chi connectivity index (χ2n) is 12.0. The van der Waals surface area contributed by atoms with Gasteiger partial charge in [-0.05, 0) is 38.3 Å². The summed E-state index contributed by atoms with van der Waals surface area (Å²) in [5.41, 5.74) is 11.2. The molecule has 1 aliphatic heterocycles. The Balaban J connectivity index is 1.92. The fourth-order valence-electron chi connectivity index (χ4n) is 5.96. The molecule has 1 fully saturated rings. The molecule has 0 saturated carbocycles. The number of alkyl carbamates (subject to hydrolysis) is 1. The van der Waals surface area contributed by atoms with Gasteiger partial charge in [-0.3, -0.25) is 14.4 Å². The first-order chi connectivity index (χ1) is 21.2. The van der Waals surface area contributed by atoms with Gasteiger partial charge in [0.2, 0.25) is 11.8 Å². The van der Waals surface area contributed by atoms with Crippen LogP contribution in [0.2, 0.25) is 0 Å². The molecule has 3 rings (SSSR count). The molecule has 6 atom stereocenters. The molecule has 2 unspecified atom stereocenters. The molecule has 8 N–H and O–H groups in total. The summed E-state index contributed by atoms with van der Waals surface area (Å²) in [6.07, 6.45) is -3.86. The number of nitrogens with two attached hydrogens (primary N) is 2. The summed E-state index contributed by atoms with van der Waals surface area (Å²) in [4.78, 5) is 65.0. The van der Waals surface area contributed by atoms with Gasteiger partial charge in [-0.2, -0.15) is 0 Å². The number of aliphatic hydroxyl groups is 2. The Bertz CT molecular complexity index is 1350. The normalized spacial score (nSPS) is 20.7. The van der Waals surface area contributed by atoms with Gasteiger partial charge < -0.3 is 37.1 Å². The van der Waals surface area contributed by atoms with Crippen molar-refractivity contribution in [1.82, 2.24) is 10.6 Å². The first-order valence-electron chi connectivity index (χ1n) is 14.9. The maximum absolute atomic E-state index is 14.4. The number of amides is 5. The molecule has 13 nitrogen and oxygen atoms in total. The quantitative estimate of drug-likeness (QED) is 0.161. The third kappa shape index (κ3) is 8.24. The van der Waals surface area contributed by atoms with Crippen LogP contribution in [0.4, 0.5) is 4.79 Å². The van der Waals surface area contributed by atoms with E-state index in [1.54, 1.807) is 74.5 Å². The lowest BCUT2D eigenvalue weighted by atomic mass is 9.88. The second-order valence-corrected chi connectivity index (χ2v) is 12.0. The number of aliphatic hydroxyl groups excluding tert-OH is 2. The Morgan fingerprint density at radius 2 is 1.53 bits per heavy atom. The van der Waals surface area contributed by atoms with Crippen molar-refractivity contribution in [2.45, 2.75) is 88.9 Å². The number of ether oxygens (including phenoxy) is 1. The highest BCUT2D eigenvalue weighted by Gasteiger charge is 2.63. The fourth-order valence-corrected chi connectivity index (χ4v) is 5.96. The minimum atomic E-state index is -1.88. The average molecular weight is 627 g/mol. The molecule has 0 radical (unpaired) electrons. The zero-order valence-electron chi connectivity index (χ0n) is 25.8. The zero-order chi connectivity index (χ0) is 33.4. The van der Waals surface area contributed by atoms with Gasteiger partial charge in [0.25, 0.3) is 5.91 Å². The number of benzene rings is 2. The van der Waals surface area contributed by atoms with Gasteiger partial charge in [0.05, 0.1) is 19.0 Å². The minimum Gasteiger partial charge on any atom is -0.445 e. The Morgan fingerprint density at radius 3 is 2.07 bits per heavy atom. The molecule has 0 bridgehead atoms. The van der Waals surface area contributed by atoms with Crippen molar-refractivity contribution in [3.63, 3.8) is 0 Å². The van der Waals surface area contributed by atoms with Crippen molar-refractivity contribution in [2.75, 3.05) is 6.54 Å². The SMILES string of the molecule is CC(O)C(C)(C)[N+]1(C(=O)[C@@H](O)[C@H](Cc2ccccc2)NC(=O)[C@H](CC(N)=O)NC(=O)OCc2ccccc2)CCC[C@H]1C(N)=O. The van der Waals surface area contributed by atoms with Gasteiger partial charge in [0, 0.05) is 12.8 Å². The monoisotopic (exact) mass is 626 g/mol. The third-order valence-corrected chi connectivity index (χ3v) is 8.78. The molecule has 45 heavy (non-hydrogen) atoms. The summed E-state index contributed by atoms with van der Waals surface area (Å²) < 4.78 is 4.58. The van der Waals surface area contributed by atoms with Crippen LogP contribution in [0.15, 0.2) is 60.7 Å². The highest BCUT2D eigenvalue weighted by atomic mass is 16.5. The van der Waals surface area contributed by atoms with Crippen molar-refractivity contribution < 1.29 is 43.4 Å². The van der Waals surface area contributed by atoms with Crippen molar-refractivity contribution >= 4 is 29.7 Å². The van der Waals surface area contributed by atoms with Crippen LogP contribution >= 0.6 is 0 Å². The molecule has 244 valence electrons. The number of likely N-dealkylation sites (tertiary alicyclic amines) is 1. The molecule has 2 aromatic carbocycles. The summed E-state index contributed by atoms with van der Waals surface area (Å²) in [6.45, 7) is 4.79. The lowest BCUT2D eigenvalue weighted by Gasteiger charge is -2.50. The number of primary amides is 2. The van der Waals surface area contributed by atoms with E-state index in [0.29, 0.717) is 17.5 Å². The van der Waals surface area contributed by atoms with Crippen LogP contribution in [0.5, 0.6) is 0 Å². The summed E-state index contributed by atoms with van der Waals surface area (Å²) in [6, 6.07) is 13.8. The highest BCUT2D eigenvalue weighted by molar-refractivity contribution is 5.91. The van der Waals surface area contributed by atoms with Crippen LogP contribution in [-0.2, 0) is 36.9 Å². The number of hydrogen-bond acceptors (Lipinski definition) is 8. The molecule has 2 aromatic rings. The van der Waals surface area contributed by atoms with Crippen LogP contribution in [0, 0.1) is 0 Å². The van der Waals surface area contributed by atoms with E-state index >= 15 is 0 Å². The van der Waals surface area contributed by atoms with Crippen molar-refractivity contribution in [1.29, 1.82) is 0 Å². The predicted octanol–water partition coefficient (Wildman–Crippen LogP) is 0.396. The lowest BCUT2D eigenvalue weighted by Crippen LogP contribution is -2.76. The number of carbonyl (C=O) groups is 5. The van der Waals surface area contributed by atoms with Gasteiger partial charge in [0.1, 0.15) is 24.3 Å². The summed E-state index contributed by atoms with van der Waals surface area (Å²) >= 11 is 0. The number of carbonyl (C=O) groups excluding carboxylic acids is 5. The number of rotatable bonds is 14. The van der Waals surface area contributed by atoms with Crippen molar-refractivity contribution in [3.05, 3.63) is 71.8 Å². The molecule has 1 aliphatic rings. The van der Waals surface area contributed by atoms with Crippen LogP contribution in [0.3, 0.4) is 0 Å². The summed E-state index contributed by atoms with van der Waals surface area (Å²) in [7, 11) is 0. The molecular formula is C32H44N5O8+. The Morgan fingerprint density at radius 1 is 0.956 bits per heavy atom. The molecule has 13 heteroatoms. The van der Waals surface area contributed by atoms with E-state index in [1.807, 2.05) is 0 Å². The fraction of sp³-hybridized carbons (Fsp3) is 0.469. The zero-order valence-corrected chi connectivity index (χ0v) is 25.8. The van der Waals surface area contributed by atoms with E-state index in [1.165, 1.54) is 6.92 Å². The Hall–Kier alpha value is -4.33. The molecule has 0 spiro atoms. The molecular weight excluding hydrogens is 582 g/mol. The van der Waals surface area contributed by atoms with Gasteiger partial charge in [-0.1, -0.05) is 60.7 Å². The van der Waals surface area contributed by atoms with E-state index in [2.05, 4.69) is 10.6 Å². The summed E-state index contributed by atoms with van der Waals surface area (Å²) in [5, 5.41) is 27.4. The standard InChI is InChI=1S/C32H43N5O8/c1-20(38)32(2,3)37(16-10-15-25(37)28(34)41)30(43)27(40)23(17-21-11-6-4-7-12-21)35-29(42)24(18-26(33)39)36-31(44)45-19-22-13-8-5-9-14-22/h4-9,11-14,20,23-25,27,38,40H,10,15-19H2,1-3H3,(H5-,33,34,35,36,39,41,42,44)/p+1/t20?,23-,24-,25-,27-,37?/m0/s1. The number of nitrogens with one attached hydrogen (secondary N) is 2. The van der Waals surface area contributed by atoms with E-state index < -0.39 is 76.5 Å². The van der Waals surface area contributed by atoms with E-state index in [9.17, 15) is 34.2 Å². The van der Waals surface area contributed by atoms with E-state index in [4.69, 9.17) is 16.2 Å². The number of hydrogen-bond donors (Lipinski definition) is 6. The Kier molecular flexibility index (Phi) is 11.8. The molecule has 0 aromatic heterocycles. The van der Waals surface area contributed by atoms with Gasteiger partial charge in [-0.25, -0.2) is 14.1 Å². The second kappa shape index (κ2) is 15.1.